The third-order valence-electron chi connectivity index (χ3n) is 2.97. The van der Waals surface area contributed by atoms with Crippen LogP contribution in [0.15, 0.2) is 0 Å². The van der Waals surface area contributed by atoms with Crippen LogP contribution in [0.4, 0.5) is 0 Å². The Hall–Kier alpha value is -0.610. The lowest BCUT2D eigenvalue weighted by Crippen LogP contribution is -2.48. The van der Waals surface area contributed by atoms with Gasteiger partial charge in [0.25, 0.3) is 0 Å². The summed E-state index contributed by atoms with van der Waals surface area (Å²) < 4.78 is 5.65. The first-order valence-corrected chi connectivity index (χ1v) is 5.98. The quantitative estimate of drug-likeness (QED) is 0.797. The van der Waals surface area contributed by atoms with Crippen molar-refractivity contribution in [1.29, 1.82) is 0 Å². The smallest absolute Gasteiger partial charge is 0.317 e. The second-order valence-electron chi connectivity index (χ2n) is 5.43. The summed E-state index contributed by atoms with van der Waals surface area (Å²) in [6, 6.07) is 0. The number of aliphatic carboxylic acids is 1. The predicted molar refractivity (Wildman–Crippen MR) is 62.6 cm³/mol. The topological polar surface area (TPSA) is 49.8 Å². The van der Waals surface area contributed by atoms with Crippen molar-refractivity contribution in [2.24, 2.45) is 0 Å². The summed E-state index contributed by atoms with van der Waals surface area (Å²) in [4.78, 5) is 12.8. The van der Waals surface area contributed by atoms with Gasteiger partial charge in [0.15, 0.2) is 0 Å². The minimum absolute atomic E-state index is 0.0867. The van der Waals surface area contributed by atoms with E-state index in [9.17, 15) is 4.79 Å². The highest BCUT2D eigenvalue weighted by Crippen LogP contribution is 2.19. The Morgan fingerprint density at radius 3 is 2.56 bits per heavy atom. The molecule has 0 aromatic carbocycles. The maximum absolute atomic E-state index is 10.8. The van der Waals surface area contributed by atoms with E-state index in [0.717, 1.165) is 26.0 Å². The molecule has 0 amide bonds. The Morgan fingerprint density at radius 2 is 2.12 bits per heavy atom. The van der Waals surface area contributed by atoms with E-state index in [1.807, 2.05) is 25.7 Å². The van der Waals surface area contributed by atoms with E-state index in [1.165, 1.54) is 6.42 Å². The third-order valence-corrected chi connectivity index (χ3v) is 2.97. The van der Waals surface area contributed by atoms with Gasteiger partial charge in [0.2, 0.25) is 0 Å². The molecule has 94 valence electrons. The van der Waals surface area contributed by atoms with Crippen LogP contribution in [-0.4, -0.2) is 47.3 Å². The summed E-state index contributed by atoms with van der Waals surface area (Å²) >= 11 is 0. The van der Waals surface area contributed by atoms with Gasteiger partial charge in [-0.25, -0.2) is 0 Å². The van der Waals surface area contributed by atoms with Crippen molar-refractivity contribution in [3.8, 4) is 0 Å². The Balaban J connectivity index is 2.51. The van der Waals surface area contributed by atoms with Crippen LogP contribution in [0.25, 0.3) is 0 Å². The molecule has 1 heterocycles. The van der Waals surface area contributed by atoms with Gasteiger partial charge in [0.1, 0.15) is 0 Å². The number of ether oxygens (including phenoxy) is 1. The molecule has 16 heavy (non-hydrogen) atoms. The average molecular weight is 229 g/mol. The minimum Gasteiger partial charge on any atom is -0.480 e. The molecule has 0 aliphatic carbocycles. The Labute approximate surface area is 97.6 Å². The molecule has 1 unspecified atom stereocenters. The molecular weight excluding hydrogens is 206 g/mol. The fourth-order valence-electron chi connectivity index (χ4n) is 1.94. The molecule has 0 aromatic heterocycles. The van der Waals surface area contributed by atoms with Crippen molar-refractivity contribution in [1.82, 2.24) is 4.90 Å². The van der Waals surface area contributed by atoms with Gasteiger partial charge in [-0.3, -0.25) is 9.69 Å². The molecule has 1 aliphatic heterocycles. The SMILES string of the molecule is CC(C)(C)N(CC(=O)O)CC1CCCCO1. The summed E-state index contributed by atoms with van der Waals surface area (Å²) in [6.07, 6.45) is 3.57. The van der Waals surface area contributed by atoms with E-state index in [-0.39, 0.29) is 18.2 Å². The number of hydrogen-bond acceptors (Lipinski definition) is 3. The first-order valence-electron chi connectivity index (χ1n) is 5.98. The molecule has 0 aromatic rings. The Morgan fingerprint density at radius 1 is 1.44 bits per heavy atom. The molecular formula is C12H23NO3. The molecule has 1 saturated heterocycles. The number of rotatable bonds is 4. The van der Waals surface area contributed by atoms with Gasteiger partial charge in [-0.1, -0.05) is 0 Å². The van der Waals surface area contributed by atoms with Gasteiger partial charge in [-0.05, 0) is 40.0 Å². The zero-order valence-corrected chi connectivity index (χ0v) is 10.5. The molecule has 1 fully saturated rings. The van der Waals surface area contributed by atoms with Gasteiger partial charge in [0, 0.05) is 18.7 Å². The number of hydrogen-bond donors (Lipinski definition) is 1. The molecule has 0 bridgehead atoms. The number of nitrogens with zero attached hydrogens (tertiary/aromatic N) is 1. The van der Waals surface area contributed by atoms with Crippen LogP contribution in [-0.2, 0) is 9.53 Å². The van der Waals surface area contributed by atoms with Crippen molar-refractivity contribution in [2.75, 3.05) is 19.7 Å². The Bertz CT molecular complexity index is 229. The normalized spacial score (nSPS) is 22.4. The second kappa shape index (κ2) is 5.64. The van der Waals surface area contributed by atoms with Crippen molar-refractivity contribution in [2.45, 2.75) is 51.7 Å². The average Bonchev–Trinajstić information content (AvgIpc) is 2.16. The van der Waals surface area contributed by atoms with E-state index in [4.69, 9.17) is 9.84 Å². The lowest BCUT2D eigenvalue weighted by molar-refractivity contribution is -0.140. The lowest BCUT2D eigenvalue weighted by atomic mass is 10.0. The molecule has 0 saturated carbocycles. The zero-order chi connectivity index (χ0) is 12.2. The first-order chi connectivity index (χ1) is 7.39. The van der Waals surface area contributed by atoms with Gasteiger partial charge in [0.05, 0.1) is 12.6 Å². The van der Waals surface area contributed by atoms with Crippen LogP contribution in [0.2, 0.25) is 0 Å². The maximum atomic E-state index is 10.8. The van der Waals surface area contributed by atoms with E-state index < -0.39 is 5.97 Å². The molecule has 1 rings (SSSR count). The second-order valence-corrected chi connectivity index (χ2v) is 5.43. The summed E-state index contributed by atoms with van der Waals surface area (Å²) in [7, 11) is 0. The third kappa shape index (κ3) is 4.49. The van der Waals surface area contributed by atoms with Crippen LogP contribution in [0, 0.1) is 0 Å². The van der Waals surface area contributed by atoms with Crippen molar-refractivity contribution in [3.63, 3.8) is 0 Å². The molecule has 1 aliphatic rings. The largest absolute Gasteiger partial charge is 0.480 e. The monoisotopic (exact) mass is 229 g/mol. The lowest BCUT2D eigenvalue weighted by Gasteiger charge is -2.37. The van der Waals surface area contributed by atoms with E-state index in [0.29, 0.717) is 0 Å². The van der Waals surface area contributed by atoms with Crippen LogP contribution in [0.3, 0.4) is 0 Å². The van der Waals surface area contributed by atoms with Gasteiger partial charge in [-0.2, -0.15) is 0 Å². The highest BCUT2D eigenvalue weighted by molar-refractivity contribution is 5.69. The fraction of sp³-hybridized carbons (Fsp3) is 0.917. The number of carboxylic acids is 1. The molecule has 1 N–H and O–H groups in total. The number of carbonyl (C=O) groups is 1. The maximum Gasteiger partial charge on any atom is 0.317 e. The fourth-order valence-corrected chi connectivity index (χ4v) is 1.94. The summed E-state index contributed by atoms with van der Waals surface area (Å²) in [5.74, 6) is -0.772. The van der Waals surface area contributed by atoms with Crippen molar-refractivity contribution < 1.29 is 14.6 Å². The van der Waals surface area contributed by atoms with Gasteiger partial charge >= 0.3 is 5.97 Å². The van der Waals surface area contributed by atoms with Crippen LogP contribution in [0.5, 0.6) is 0 Å². The summed E-state index contributed by atoms with van der Waals surface area (Å²) in [5, 5.41) is 8.89. The van der Waals surface area contributed by atoms with Crippen molar-refractivity contribution >= 4 is 5.97 Å². The van der Waals surface area contributed by atoms with E-state index >= 15 is 0 Å². The van der Waals surface area contributed by atoms with Crippen LogP contribution in [0.1, 0.15) is 40.0 Å². The zero-order valence-electron chi connectivity index (χ0n) is 10.5. The predicted octanol–water partition coefficient (Wildman–Crippen LogP) is 1.74. The molecule has 4 nitrogen and oxygen atoms in total. The minimum atomic E-state index is -0.772. The Kier molecular flexibility index (Phi) is 4.74. The van der Waals surface area contributed by atoms with Gasteiger partial charge in [-0.15, -0.1) is 0 Å². The molecule has 1 atom stereocenters. The highest BCUT2D eigenvalue weighted by atomic mass is 16.5. The summed E-state index contributed by atoms with van der Waals surface area (Å²) in [5.41, 5.74) is -0.126. The van der Waals surface area contributed by atoms with Gasteiger partial charge < -0.3 is 9.84 Å². The first kappa shape index (κ1) is 13.5. The molecule has 0 spiro atoms. The molecule has 4 heteroatoms. The number of carboxylic acid groups (broad SMARTS) is 1. The standard InChI is InChI=1S/C12H23NO3/c1-12(2,3)13(9-11(14)15)8-10-6-4-5-7-16-10/h10H,4-9H2,1-3H3,(H,14,15). The van der Waals surface area contributed by atoms with E-state index in [1.54, 1.807) is 0 Å². The van der Waals surface area contributed by atoms with Crippen molar-refractivity contribution in [3.05, 3.63) is 0 Å². The highest BCUT2D eigenvalue weighted by Gasteiger charge is 2.27. The molecule has 0 radical (unpaired) electrons. The summed E-state index contributed by atoms with van der Waals surface area (Å²) in [6.45, 7) is 7.74. The van der Waals surface area contributed by atoms with Crippen LogP contribution >= 0.6 is 0 Å². The van der Waals surface area contributed by atoms with E-state index in [2.05, 4.69) is 0 Å². The van der Waals surface area contributed by atoms with Crippen LogP contribution < -0.4 is 0 Å².